The summed E-state index contributed by atoms with van der Waals surface area (Å²) in [6.45, 7) is -0.0500. The average Bonchev–Trinajstić information content (AvgIpc) is 3.06. The number of nitrogens with zero attached hydrogens (tertiary/aromatic N) is 1. The zero-order valence-corrected chi connectivity index (χ0v) is 17.9. The maximum Gasteiger partial charge on any atom is 0.338 e. The van der Waals surface area contributed by atoms with Crippen molar-refractivity contribution < 1.29 is 32.3 Å². The Morgan fingerprint density at radius 1 is 0.848 bits per heavy atom. The summed E-state index contributed by atoms with van der Waals surface area (Å²) in [6, 6.07) is 18.0. The second-order valence-electron chi connectivity index (χ2n) is 7.04. The van der Waals surface area contributed by atoms with Crippen LogP contribution in [0.15, 0.2) is 77.7 Å². The minimum absolute atomic E-state index is 0.0263. The highest BCUT2D eigenvalue weighted by Crippen LogP contribution is 2.28. The maximum absolute atomic E-state index is 12.6. The summed E-state index contributed by atoms with van der Waals surface area (Å²) >= 11 is 0. The van der Waals surface area contributed by atoms with E-state index in [1.54, 1.807) is 36.4 Å². The monoisotopic (exact) mass is 466 g/mol. The van der Waals surface area contributed by atoms with Crippen molar-refractivity contribution in [2.24, 2.45) is 5.14 Å². The number of fused-ring (bicyclic) bond motifs is 1. The fraction of sp³-hybridized carbons (Fsp3) is 0.0870. The molecule has 2 N–H and O–H groups in total. The van der Waals surface area contributed by atoms with Crippen molar-refractivity contribution in [3.63, 3.8) is 0 Å². The Hall–Kier alpha value is -4.02. The molecule has 0 fully saturated rings. The van der Waals surface area contributed by atoms with E-state index in [4.69, 9.17) is 14.6 Å². The van der Waals surface area contributed by atoms with Gasteiger partial charge in [0.05, 0.1) is 27.3 Å². The fourth-order valence-corrected chi connectivity index (χ4v) is 3.81. The Balaban J connectivity index is 1.36. The van der Waals surface area contributed by atoms with E-state index in [0.717, 1.165) is 4.90 Å². The number of rotatable bonds is 7. The number of primary sulfonamides is 1. The van der Waals surface area contributed by atoms with Gasteiger partial charge in [0.2, 0.25) is 10.0 Å². The SMILES string of the molecule is NS(=O)(=O)c1ccc(OCCOC(=O)c2cccc(N3C(=O)c4ccccc4C3=O)c2)cc1. The van der Waals surface area contributed by atoms with Crippen LogP contribution in [0.5, 0.6) is 5.75 Å². The molecule has 0 atom stereocenters. The summed E-state index contributed by atoms with van der Waals surface area (Å²) in [5.41, 5.74) is 1.05. The lowest BCUT2D eigenvalue weighted by Crippen LogP contribution is -2.29. The predicted octanol–water partition coefficient (Wildman–Crippen LogP) is 2.37. The molecule has 1 heterocycles. The molecule has 10 heteroatoms. The van der Waals surface area contributed by atoms with Gasteiger partial charge in [-0.2, -0.15) is 0 Å². The molecule has 0 unspecified atom stereocenters. The highest BCUT2D eigenvalue weighted by atomic mass is 32.2. The quantitative estimate of drug-likeness (QED) is 0.321. The van der Waals surface area contributed by atoms with Crippen LogP contribution in [-0.2, 0) is 14.8 Å². The Morgan fingerprint density at radius 2 is 1.48 bits per heavy atom. The van der Waals surface area contributed by atoms with Crippen molar-refractivity contribution in [2.75, 3.05) is 18.1 Å². The van der Waals surface area contributed by atoms with E-state index >= 15 is 0 Å². The number of hydrogen-bond acceptors (Lipinski definition) is 7. The molecular formula is C23H18N2O7S. The molecule has 0 spiro atoms. The number of carbonyl (C=O) groups is 3. The Morgan fingerprint density at radius 3 is 2.09 bits per heavy atom. The molecule has 3 aromatic rings. The summed E-state index contributed by atoms with van der Waals surface area (Å²) < 4.78 is 33.1. The topological polar surface area (TPSA) is 133 Å². The summed E-state index contributed by atoms with van der Waals surface area (Å²) in [5, 5.41) is 5.04. The number of benzene rings is 3. The molecule has 33 heavy (non-hydrogen) atoms. The number of esters is 1. The molecule has 1 aliphatic heterocycles. The predicted molar refractivity (Wildman–Crippen MR) is 118 cm³/mol. The van der Waals surface area contributed by atoms with E-state index < -0.39 is 27.8 Å². The highest BCUT2D eigenvalue weighted by Gasteiger charge is 2.36. The fourth-order valence-electron chi connectivity index (χ4n) is 3.30. The van der Waals surface area contributed by atoms with Crippen molar-refractivity contribution in [3.8, 4) is 5.75 Å². The number of ether oxygens (including phenoxy) is 2. The van der Waals surface area contributed by atoms with Crippen LogP contribution >= 0.6 is 0 Å². The van der Waals surface area contributed by atoms with E-state index in [0.29, 0.717) is 16.9 Å². The van der Waals surface area contributed by atoms with Gasteiger partial charge >= 0.3 is 5.97 Å². The van der Waals surface area contributed by atoms with Crippen molar-refractivity contribution in [3.05, 3.63) is 89.5 Å². The maximum atomic E-state index is 12.6. The van der Waals surface area contributed by atoms with Gasteiger partial charge in [-0.25, -0.2) is 23.3 Å². The lowest BCUT2D eigenvalue weighted by molar-refractivity contribution is 0.0450. The van der Waals surface area contributed by atoms with Crippen LogP contribution in [0.3, 0.4) is 0 Å². The summed E-state index contributed by atoms with van der Waals surface area (Å²) in [7, 11) is -3.79. The first-order valence-corrected chi connectivity index (χ1v) is 11.3. The molecule has 0 saturated heterocycles. The average molecular weight is 466 g/mol. The standard InChI is InChI=1S/C23H18N2O7S/c24-33(29,30)18-10-8-17(9-11-18)31-12-13-32-23(28)15-4-3-5-16(14-15)25-21(26)19-6-1-2-7-20(19)22(25)27/h1-11,14H,12-13H2,(H2,24,29,30). The third kappa shape index (κ3) is 4.61. The third-order valence-corrected chi connectivity index (χ3v) is 5.80. The smallest absolute Gasteiger partial charge is 0.338 e. The zero-order chi connectivity index (χ0) is 23.6. The summed E-state index contributed by atoms with van der Waals surface area (Å²) in [5.74, 6) is -1.18. The second kappa shape index (κ2) is 8.85. The van der Waals surface area contributed by atoms with Gasteiger partial charge in [-0.1, -0.05) is 18.2 Å². The molecule has 4 rings (SSSR count). The lowest BCUT2D eigenvalue weighted by atomic mass is 10.1. The number of carbonyl (C=O) groups excluding carboxylic acids is 3. The number of sulfonamides is 1. The molecule has 0 aliphatic carbocycles. The van der Waals surface area contributed by atoms with E-state index in [1.165, 1.54) is 36.4 Å². The molecule has 9 nitrogen and oxygen atoms in total. The van der Waals surface area contributed by atoms with Crippen molar-refractivity contribution in [2.45, 2.75) is 4.90 Å². The van der Waals surface area contributed by atoms with Crippen molar-refractivity contribution in [1.29, 1.82) is 0 Å². The van der Waals surface area contributed by atoms with Gasteiger partial charge in [0.25, 0.3) is 11.8 Å². The number of imide groups is 1. The van der Waals surface area contributed by atoms with Gasteiger partial charge in [-0.05, 0) is 54.6 Å². The molecule has 0 aromatic heterocycles. The minimum Gasteiger partial charge on any atom is -0.490 e. The van der Waals surface area contributed by atoms with Gasteiger partial charge in [-0.15, -0.1) is 0 Å². The summed E-state index contributed by atoms with van der Waals surface area (Å²) in [4.78, 5) is 38.7. The van der Waals surface area contributed by atoms with Crippen LogP contribution in [-0.4, -0.2) is 39.4 Å². The Labute approximate surface area is 189 Å². The molecule has 0 saturated carbocycles. The summed E-state index contributed by atoms with van der Waals surface area (Å²) in [6.07, 6.45) is 0. The second-order valence-corrected chi connectivity index (χ2v) is 8.60. The Bertz CT molecular complexity index is 1320. The third-order valence-electron chi connectivity index (χ3n) is 4.87. The van der Waals surface area contributed by atoms with Crippen LogP contribution in [0, 0.1) is 0 Å². The van der Waals surface area contributed by atoms with Gasteiger partial charge < -0.3 is 9.47 Å². The van der Waals surface area contributed by atoms with Crippen LogP contribution in [0.2, 0.25) is 0 Å². The Kier molecular flexibility index (Phi) is 5.95. The zero-order valence-electron chi connectivity index (χ0n) is 17.1. The van der Waals surface area contributed by atoms with Crippen molar-refractivity contribution in [1.82, 2.24) is 0 Å². The van der Waals surface area contributed by atoms with E-state index in [9.17, 15) is 22.8 Å². The van der Waals surface area contributed by atoms with Gasteiger partial charge in [0.1, 0.15) is 19.0 Å². The number of hydrogen-bond donors (Lipinski definition) is 1. The molecule has 0 bridgehead atoms. The van der Waals surface area contributed by atoms with Gasteiger partial charge in [0, 0.05) is 0 Å². The van der Waals surface area contributed by atoms with Crippen LogP contribution in [0.4, 0.5) is 5.69 Å². The van der Waals surface area contributed by atoms with Crippen LogP contribution in [0.1, 0.15) is 31.1 Å². The molecule has 3 aromatic carbocycles. The minimum atomic E-state index is -3.79. The normalized spacial score (nSPS) is 13.1. The largest absolute Gasteiger partial charge is 0.490 e. The van der Waals surface area contributed by atoms with E-state index in [-0.39, 0.29) is 29.4 Å². The van der Waals surface area contributed by atoms with Crippen molar-refractivity contribution >= 4 is 33.5 Å². The number of amides is 2. The van der Waals surface area contributed by atoms with Crippen LogP contribution in [0.25, 0.3) is 0 Å². The van der Waals surface area contributed by atoms with Gasteiger partial charge in [-0.3, -0.25) is 9.59 Å². The molecule has 168 valence electrons. The molecule has 2 amide bonds. The van der Waals surface area contributed by atoms with Gasteiger partial charge in [0.15, 0.2) is 0 Å². The van der Waals surface area contributed by atoms with E-state index in [2.05, 4.69) is 0 Å². The lowest BCUT2D eigenvalue weighted by Gasteiger charge is -2.15. The highest BCUT2D eigenvalue weighted by molar-refractivity contribution is 7.89. The molecule has 0 radical (unpaired) electrons. The molecular weight excluding hydrogens is 448 g/mol. The molecule has 1 aliphatic rings. The number of nitrogens with two attached hydrogens (primary N) is 1. The number of anilines is 1. The van der Waals surface area contributed by atoms with Crippen LogP contribution < -0.4 is 14.8 Å². The first kappa shape index (κ1) is 22.2. The first-order chi connectivity index (χ1) is 15.8. The first-order valence-electron chi connectivity index (χ1n) is 9.76. The van der Waals surface area contributed by atoms with E-state index in [1.807, 2.05) is 0 Å².